The van der Waals surface area contributed by atoms with Gasteiger partial charge in [0, 0.05) is 11.3 Å². The minimum absolute atomic E-state index is 0.689. The molecule has 3 heteroatoms. The number of aliphatic imine (C=N–C) groups is 1. The first-order valence-electron chi connectivity index (χ1n) is 8.10. The summed E-state index contributed by atoms with van der Waals surface area (Å²) in [5.74, 6) is 0.689. The van der Waals surface area contributed by atoms with E-state index in [0.717, 1.165) is 29.0 Å². The van der Waals surface area contributed by atoms with Gasteiger partial charge in [-0.1, -0.05) is 66.7 Å². The zero-order chi connectivity index (χ0) is 16.1. The van der Waals surface area contributed by atoms with Crippen molar-refractivity contribution in [1.29, 1.82) is 0 Å². The molecule has 2 heterocycles. The molecule has 1 atom stereocenters. The molecule has 2 aliphatic heterocycles. The summed E-state index contributed by atoms with van der Waals surface area (Å²) in [7, 11) is 0. The predicted molar refractivity (Wildman–Crippen MR) is 95.6 cm³/mol. The number of anilines is 1. The highest BCUT2D eigenvalue weighted by Crippen LogP contribution is 2.48. The third-order valence-corrected chi connectivity index (χ3v) is 4.90. The molecule has 2 aliphatic rings. The van der Waals surface area contributed by atoms with Gasteiger partial charge >= 0.3 is 0 Å². The van der Waals surface area contributed by atoms with E-state index in [0.29, 0.717) is 5.84 Å². The molecule has 0 aliphatic carbocycles. The Morgan fingerprint density at radius 3 is 2.42 bits per heavy atom. The van der Waals surface area contributed by atoms with Crippen molar-refractivity contribution in [3.63, 3.8) is 0 Å². The molecule has 3 aromatic rings. The average Bonchev–Trinajstić information content (AvgIpc) is 2.91. The summed E-state index contributed by atoms with van der Waals surface area (Å²) in [6.45, 7) is 0.723. The number of rotatable bonds is 1. The van der Waals surface area contributed by atoms with Crippen molar-refractivity contribution in [2.24, 2.45) is 4.99 Å². The van der Waals surface area contributed by atoms with Crippen molar-refractivity contribution in [1.82, 2.24) is 0 Å². The van der Waals surface area contributed by atoms with Crippen molar-refractivity contribution in [2.75, 3.05) is 4.90 Å². The van der Waals surface area contributed by atoms with Crippen LogP contribution in [0.25, 0.3) is 0 Å². The smallest absolute Gasteiger partial charge is 0.175 e. The highest BCUT2D eigenvalue weighted by molar-refractivity contribution is 6.14. The minimum atomic E-state index is -1.22. The van der Waals surface area contributed by atoms with Crippen LogP contribution in [0.15, 0.2) is 83.9 Å². The van der Waals surface area contributed by atoms with Crippen LogP contribution < -0.4 is 4.90 Å². The number of para-hydroxylation sites is 2. The maximum Gasteiger partial charge on any atom is 0.175 e. The van der Waals surface area contributed by atoms with E-state index < -0.39 is 5.60 Å². The van der Waals surface area contributed by atoms with Crippen LogP contribution in [0.3, 0.4) is 0 Å². The molecule has 0 radical (unpaired) electrons. The van der Waals surface area contributed by atoms with E-state index in [4.69, 9.17) is 4.99 Å². The van der Waals surface area contributed by atoms with E-state index in [-0.39, 0.29) is 0 Å². The molecule has 0 saturated carbocycles. The van der Waals surface area contributed by atoms with Crippen molar-refractivity contribution >= 4 is 17.2 Å². The van der Waals surface area contributed by atoms with Gasteiger partial charge in [0.25, 0.3) is 0 Å². The molecular weight excluding hydrogens is 296 g/mol. The van der Waals surface area contributed by atoms with E-state index in [1.165, 1.54) is 5.56 Å². The fourth-order valence-corrected chi connectivity index (χ4v) is 3.75. The zero-order valence-corrected chi connectivity index (χ0v) is 13.1. The Morgan fingerprint density at radius 2 is 1.54 bits per heavy atom. The van der Waals surface area contributed by atoms with E-state index in [2.05, 4.69) is 17.0 Å². The Balaban J connectivity index is 1.82. The van der Waals surface area contributed by atoms with Crippen molar-refractivity contribution in [2.45, 2.75) is 12.1 Å². The summed E-state index contributed by atoms with van der Waals surface area (Å²) in [6.07, 6.45) is 0. The second-order valence-electron chi connectivity index (χ2n) is 6.24. The third kappa shape index (κ3) is 1.67. The Labute approximate surface area is 140 Å². The van der Waals surface area contributed by atoms with E-state index in [1.807, 2.05) is 66.7 Å². The highest BCUT2D eigenvalue weighted by atomic mass is 16.3. The van der Waals surface area contributed by atoms with Crippen LogP contribution >= 0.6 is 0 Å². The number of fused-ring (bicyclic) bond motifs is 4. The fraction of sp³-hybridized carbons (Fsp3) is 0.0952. The predicted octanol–water partition coefficient (Wildman–Crippen LogP) is 3.99. The molecule has 116 valence electrons. The second kappa shape index (κ2) is 4.79. The van der Waals surface area contributed by atoms with E-state index in [1.54, 1.807) is 0 Å². The number of aliphatic hydroxyl groups is 1. The summed E-state index contributed by atoms with van der Waals surface area (Å²) in [5, 5.41) is 11.8. The quantitative estimate of drug-likeness (QED) is 0.737. The normalized spacial score (nSPS) is 20.9. The van der Waals surface area contributed by atoms with Crippen LogP contribution in [0.2, 0.25) is 0 Å². The molecule has 1 unspecified atom stereocenters. The maximum absolute atomic E-state index is 11.8. The molecular formula is C21H16N2O. The number of benzene rings is 3. The topological polar surface area (TPSA) is 35.8 Å². The third-order valence-electron chi connectivity index (χ3n) is 4.90. The van der Waals surface area contributed by atoms with Crippen LogP contribution in [-0.4, -0.2) is 10.9 Å². The first-order valence-corrected chi connectivity index (χ1v) is 8.10. The second-order valence-corrected chi connectivity index (χ2v) is 6.24. The van der Waals surface area contributed by atoms with Crippen molar-refractivity contribution < 1.29 is 5.11 Å². The zero-order valence-electron chi connectivity index (χ0n) is 13.1. The standard InChI is InChI=1S/C21H16N2O/c24-21(16-9-2-1-3-10-16)17-11-5-7-13-19(17)23-14-15-8-4-6-12-18(15)22-20(21)23/h1-13,24H,14H2. The van der Waals surface area contributed by atoms with Gasteiger partial charge in [0.1, 0.15) is 0 Å². The molecule has 0 aromatic heterocycles. The van der Waals surface area contributed by atoms with Crippen LogP contribution in [0.4, 0.5) is 11.4 Å². The average molecular weight is 312 g/mol. The van der Waals surface area contributed by atoms with Gasteiger partial charge in [0.05, 0.1) is 12.2 Å². The monoisotopic (exact) mass is 312 g/mol. The lowest BCUT2D eigenvalue weighted by atomic mass is 9.87. The summed E-state index contributed by atoms with van der Waals surface area (Å²) in [5.41, 5.74) is 3.66. The largest absolute Gasteiger partial charge is 0.373 e. The first-order chi connectivity index (χ1) is 11.8. The van der Waals surface area contributed by atoms with Gasteiger partial charge in [-0.15, -0.1) is 0 Å². The van der Waals surface area contributed by atoms with Gasteiger partial charge in [0.15, 0.2) is 11.4 Å². The summed E-state index contributed by atoms with van der Waals surface area (Å²) in [4.78, 5) is 6.97. The molecule has 0 bridgehead atoms. The molecule has 3 aromatic carbocycles. The van der Waals surface area contributed by atoms with Crippen LogP contribution in [0.5, 0.6) is 0 Å². The van der Waals surface area contributed by atoms with Crippen LogP contribution in [-0.2, 0) is 12.1 Å². The Hall–Kier alpha value is -2.91. The highest BCUT2D eigenvalue weighted by Gasteiger charge is 2.49. The molecule has 0 saturated heterocycles. The van der Waals surface area contributed by atoms with Crippen molar-refractivity contribution in [3.8, 4) is 0 Å². The molecule has 0 fully saturated rings. The number of amidine groups is 1. The summed E-state index contributed by atoms with van der Waals surface area (Å²) >= 11 is 0. The van der Waals surface area contributed by atoms with Gasteiger partial charge in [-0.25, -0.2) is 4.99 Å². The first kappa shape index (κ1) is 13.5. The van der Waals surface area contributed by atoms with Gasteiger partial charge < -0.3 is 10.0 Å². The Bertz CT molecular complexity index is 964. The molecule has 24 heavy (non-hydrogen) atoms. The fourth-order valence-electron chi connectivity index (χ4n) is 3.75. The SMILES string of the molecule is OC1(c2ccccc2)C2=Nc3ccccc3CN2c2ccccc21. The van der Waals surface area contributed by atoms with Gasteiger partial charge in [-0.3, -0.25) is 0 Å². The lowest BCUT2D eigenvalue weighted by molar-refractivity contribution is 0.159. The lowest BCUT2D eigenvalue weighted by Gasteiger charge is -2.31. The molecule has 3 nitrogen and oxygen atoms in total. The number of hydrogen-bond acceptors (Lipinski definition) is 3. The van der Waals surface area contributed by atoms with Gasteiger partial charge in [-0.2, -0.15) is 0 Å². The van der Waals surface area contributed by atoms with Crippen LogP contribution in [0, 0.1) is 0 Å². The summed E-state index contributed by atoms with van der Waals surface area (Å²) in [6, 6.07) is 25.9. The maximum atomic E-state index is 11.8. The number of nitrogens with zero attached hydrogens (tertiary/aromatic N) is 2. The van der Waals surface area contributed by atoms with E-state index in [9.17, 15) is 5.11 Å². The molecule has 0 amide bonds. The van der Waals surface area contributed by atoms with E-state index >= 15 is 0 Å². The lowest BCUT2D eigenvalue weighted by Crippen LogP contribution is -2.42. The summed E-state index contributed by atoms with van der Waals surface area (Å²) < 4.78 is 0. The van der Waals surface area contributed by atoms with Gasteiger partial charge in [0.2, 0.25) is 0 Å². The Kier molecular flexibility index (Phi) is 2.70. The number of hydrogen-bond donors (Lipinski definition) is 1. The van der Waals surface area contributed by atoms with Crippen LogP contribution in [0.1, 0.15) is 16.7 Å². The van der Waals surface area contributed by atoms with Gasteiger partial charge in [-0.05, 0) is 23.3 Å². The molecule has 5 rings (SSSR count). The molecule has 0 spiro atoms. The molecule has 1 N–H and O–H groups in total. The van der Waals surface area contributed by atoms with Crippen molar-refractivity contribution in [3.05, 3.63) is 95.6 Å². The Morgan fingerprint density at radius 1 is 0.833 bits per heavy atom. The minimum Gasteiger partial charge on any atom is -0.373 e.